The summed E-state index contributed by atoms with van der Waals surface area (Å²) >= 11 is 1.35. The van der Waals surface area contributed by atoms with Crippen LogP contribution in [-0.4, -0.2) is 47.7 Å². The first kappa shape index (κ1) is 22.9. The van der Waals surface area contributed by atoms with E-state index in [2.05, 4.69) is 11.8 Å². The van der Waals surface area contributed by atoms with Crippen molar-refractivity contribution in [3.63, 3.8) is 0 Å². The molecule has 2 rings (SSSR count). The largest absolute Gasteiger partial charge is 0.465 e. The minimum atomic E-state index is -0.572. The van der Waals surface area contributed by atoms with Crippen LogP contribution in [0.15, 0.2) is 30.4 Å². The highest BCUT2D eigenvalue weighted by atomic mass is 32.1. The molecule has 5 nitrogen and oxygen atoms in total. The molecule has 0 spiro atoms. The molecule has 156 valence electrons. The van der Waals surface area contributed by atoms with Crippen molar-refractivity contribution in [1.29, 1.82) is 0 Å². The highest BCUT2D eigenvalue weighted by Gasteiger charge is 2.28. The van der Waals surface area contributed by atoms with Gasteiger partial charge in [-0.05, 0) is 30.5 Å². The monoisotopic (exact) mass is 415 g/mol. The fourth-order valence-corrected chi connectivity index (χ4v) is 3.90. The number of carbonyl (C=O) groups is 2. The van der Waals surface area contributed by atoms with Gasteiger partial charge in [-0.3, -0.25) is 4.79 Å². The smallest absolute Gasteiger partial charge is 0.348 e. The van der Waals surface area contributed by atoms with E-state index in [1.165, 1.54) is 18.4 Å². The summed E-state index contributed by atoms with van der Waals surface area (Å²) in [5.74, 6) is 5.91. The SMILES string of the molecule is CCC#CC[C@H](C)[C@@H](O)/C=C\[C@H]1CCC(=O)N1CC=Cc1ccc(C(=O)OC)s1. The van der Waals surface area contributed by atoms with Gasteiger partial charge in [0.25, 0.3) is 0 Å². The number of rotatable bonds is 8. The summed E-state index contributed by atoms with van der Waals surface area (Å²) in [5, 5.41) is 10.3. The molecule has 1 saturated heterocycles. The predicted molar refractivity (Wildman–Crippen MR) is 116 cm³/mol. The van der Waals surface area contributed by atoms with E-state index in [4.69, 9.17) is 4.74 Å². The lowest BCUT2D eigenvalue weighted by molar-refractivity contribution is -0.127. The number of nitrogens with zero attached hydrogens (tertiary/aromatic N) is 1. The van der Waals surface area contributed by atoms with Gasteiger partial charge in [0.15, 0.2) is 0 Å². The Hall–Kier alpha value is -2.36. The molecule has 0 bridgehead atoms. The van der Waals surface area contributed by atoms with Gasteiger partial charge >= 0.3 is 5.97 Å². The van der Waals surface area contributed by atoms with E-state index in [0.29, 0.717) is 24.3 Å². The van der Waals surface area contributed by atoms with Crippen LogP contribution < -0.4 is 0 Å². The highest BCUT2D eigenvalue weighted by Crippen LogP contribution is 2.22. The van der Waals surface area contributed by atoms with E-state index >= 15 is 0 Å². The predicted octanol–water partition coefficient (Wildman–Crippen LogP) is 3.90. The zero-order valence-corrected chi connectivity index (χ0v) is 18.1. The second-order valence-corrected chi connectivity index (χ2v) is 8.13. The van der Waals surface area contributed by atoms with Crippen LogP contribution in [0, 0.1) is 17.8 Å². The Morgan fingerprint density at radius 3 is 2.97 bits per heavy atom. The van der Waals surface area contributed by atoms with E-state index in [9.17, 15) is 14.7 Å². The fourth-order valence-electron chi connectivity index (χ4n) is 3.04. The minimum Gasteiger partial charge on any atom is -0.465 e. The third-order valence-corrected chi connectivity index (χ3v) is 5.84. The van der Waals surface area contributed by atoms with Gasteiger partial charge < -0.3 is 14.7 Å². The van der Waals surface area contributed by atoms with Gasteiger partial charge in [-0.15, -0.1) is 23.2 Å². The maximum Gasteiger partial charge on any atom is 0.348 e. The maximum absolute atomic E-state index is 12.2. The molecular weight excluding hydrogens is 386 g/mol. The molecule has 2 heterocycles. The standard InChI is InChI=1S/C23H29NO4S/c1-4-5-6-8-17(2)20(25)13-10-18-11-15-22(26)24(18)16-7-9-19-12-14-21(29-19)23(27)28-3/h7,9-10,12-14,17-18,20,25H,4,8,11,15-16H2,1-3H3/b9-7?,13-10-/t17-,18-,20-/m0/s1. The van der Waals surface area contributed by atoms with Gasteiger partial charge in [-0.2, -0.15) is 0 Å². The van der Waals surface area contributed by atoms with Crippen LogP contribution in [0.5, 0.6) is 0 Å². The summed E-state index contributed by atoms with van der Waals surface area (Å²) in [4.78, 5) is 27.1. The molecule has 0 radical (unpaired) electrons. The molecule has 3 atom stereocenters. The van der Waals surface area contributed by atoms with E-state index in [-0.39, 0.29) is 23.8 Å². The molecule has 1 amide bonds. The van der Waals surface area contributed by atoms with Crippen LogP contribution in [-0.2, 0) is 9.53 Å². The van der Waals surface area contributed by atoms with E-state index in [0.717, 1.165) is 17.7 Å². The van der Waals surface area contributed by atoms with Crippen LogP contribution >= 0.6 is 11.3 Å². The number of aliphatic hydroxyl groups excluding tert-OH is 1. The van der Waals surface area contributed by atoms with Crippen molar-refractivity contribution in [1.82, 2.24) is 4.90 Å². The summed E-state index contributed by atoms with van der Waals surface area (Å²) in [6, 6.07) is 3.58. The van der Waals surface area contributed by atoms with E-state index in [1.54, 1.807) is 12.1 Å². The quantitative estimate of drug-likeness (QED) is 0.397. The number of aliphatic hydroxyl groups is 1. The number of esters is 1. The average molecular weight is 416 g/mol. The first-order valence-corrected chi connectivity index (χ1v) is 10.7. The molecule has 0 aromatic carbocycles. The number of ether oxygens (including phenoxy) is 1. The number of methoxy groups -OCH3 is 1. The molecule has 1 aliphatic rings. The van der Waals surface area contributed by atoms with Crippen LogP contribution in [0.1, 0.15) is 54.1 Å². The van der Waals surface area contributed by atoms with Gasteiger partial charge in [0, 0.05) is 30.7 Å². The molecule has 1 aliphatic heterocycles. The lowest BCUT2D eigenvalue weighted by Gasteiger charge is -2.21. The van der Waals surface area contributed by atoms with Crippen LogP contribution in [0.25, 0.3) is 6.08 Å². The number of likely N-dealkylation sites (tertiary alicyclic amines) is 1. The van der Waals surface area contributed by atoms with Crippen LogP contribution in [0.2, 0.25) is 0 Å². The number of hydrogen-bond donors (Lipinski definition) is 1. The number of amides is 1. The maximum atomic E-state index is 12.2. The molecule has 1 fully saturated rings. The summed E-state index contributed by atoms with van der Waals surface area (Å²) in [5.41, 5.74) is 0. The number of hydrogen-bond acceptors (Lipinski definition) is 5. The van der Waals surface area contributed by atoms with Crippen molar-refractivity contribution in [2.75, 3.05) is 13.7 Å². The molecular formula is C23H29NO4S. The normalized spacial score (nSPS) is 18.8. The lowest BCUT2D eigenvalue weighted by Crippen LogP contribution is -2.32. The van der Waals surface area contributed by atoms with Crippen molar-refractivity contribution in [3.8, 4) is 11.8 Å². The molecule has 1 aromatic rings. The molecule has 0 unspecified atom stereocenters. The Labute approximate surface area is 177 Å². The Balaban J connectivity index is 1.92. The molecule has 6 heteroatoms. The third kappa shape index (κ3) is 6.88. The first-order valence-electron chi connectivity index (χ1n) is 9.92. The summed E-state index contributed by atoms with van der Waals surface area (Å²) < 4.78 is 4.71. The van der Waals surface area contributed by atoms with Gasteiger partial charge in [0.1, 0.15) is 4.88 Å². The van der Waals surface area contributed by atoms with E-state index in [1.807, 2.05) is 43.0 Å². The highest BCUT2D eigenvalue weighted by molar-refractivity contribution is 7.14. The third-order valence-electron chi connectivity index (χ3n) is 4.81. The Morgan fingerprint density at radius 2 is 2.24 bits per heavy atom. The first-order chi connectivity index (χ1) is 14.0. The Kier molecular flexibility index (Phi) is 9.17. The van der Waals surface area contributed by atoms with Gasteiger partial charge in [-0.25, -0.2) is 4.79 Å². The Bertz CT molecular complexity index is 814. The number of thiophene rings is 1. The zero-order valence-electron chi connectivity index (χ0n) is 17.3. The van der Waals surface area contributed by atoms with Crippen molar-refractivity contribution in [3.05, 3.63) is 40.1 Å². The molecule has 1 N–H and O–H groups in total. The van der Waals surface area contributed by atoms with Gasteiger partial charge in [0.2, 0.25) is 5.91 Å². The van der Waals surface area contributed by atoms with E-state index < -0.39 is 6.10 Å². The minimum absolute atomic E-state index is 0.00954. The number of carbonyl (C=O) groups excluding carboxylic acids is 2. The summed E-state index contributed by atoms with van der Waals surface area (Å²) in [7, 11) is 1.36. The molecule has 1 aromatic heterocycles. The second kappa shape index (κ2) is 11.6. The summed E-state index contributed by atoms with van der Waals surface area (Å²) in [6.45, 7) is 4.47. The molecule has 0 saturated carbocycles. The van der Waals surface area contributed by atoms with Crippen molar-refractivity contribution in [2.45, 2.75) is 51.7 Å². The topological polar surface area (TPSA) is 66.8 Å². The van der Waals surface area contributed by atoms with Crippen molar-refractivity contribution >= 4 is 29.3 Å². The van der Waals surface area contributed by atoms with Gasteiger partial charge in [0.05, 0.1) is 19.3 Å². The van der Waals surface area contributed by atoms with Crippen LogP contribution in [0.4, 0.5) is 0 Å². The lowest BCUT2D eigenvalue weighted by atomic mass is 10.00. The Morgan fingerprint density at radius 1 is 1.45 bits per heavy atom. The zero-order chi connectivity index (χ0) is 21.2. The van der Waals surface area contributed by atoms with Crippen molar-refractivity contribution < 1.29 is 19.4 Å². The van der Waals surface area contributed by atoms with Crippen LogP contribution in [0.3, 0.4) is 0 Å². The summed E-state index contributed by atoms with van der Waals surface area (Å²) in [6.07, 6.45) is 9.74. The molecule has 0 aliphatic carbocycles. The van der Waals surface area contributed by atoms with Gasteiger partial charge in [-0.1, -0.05) is 32.1 Å². The fraction of sp³-hybridized carbons (Fsp3) is 0.478. The second-order valence-electron chi connectivity index (χ2n) is 7.01. The van der Waals surface area contributed by atoms with Crippen molar-refractivity contribution in [2.24, 2.45) is 5.92 Å². The average Bonchev–Trinajstić information content (AvgIpc) is 3.33. The molecule has 29 heavy (non-hydrogen) atoms.